The molecule has 0 saturated carbocycles. The highest BCUT2D eigenvalue weighted by Gasteiger charge is 2.19. The Balaban J connectivity index is 2.60. The molecule has 0 fully saturated rings. The molecule has 0 radical (unpaired) electrons. The first-order chi connectivity index (χ1) is 8.51. The van der Waals surface area contributed by atoms with E-state index in [0.717, 1.165) is 0 Å². The monoisotopic (exact) mass is 293 g/mol. The van der Waals surface area contributed by atoms with E-state index in [-0.39, 0.29) is 11.5 Å². The summed E-state index contributed by atoms with van der Waals surface area (Å²) in [7, 11) is -3.47. The van der Waals surface area contributed by atoms with E-state index in [2.05, 4.69) is 4.72 Å². The Kier molecular flexibility index (Phi) is 6.24. The molecule has 0 amide bonds. The van der Waals surface area contributed by atoms with E-state index < -0.39 is 10.0 Å². The van der Waals surface area contributed by atoms with Gasteiger partial charge in [-0.1, -0.05) is 0 Å². The van der Waals surface area contributed by atoms with Gasteiger partial charge in [0.15, 0.2) is 0 Å². The van der Waals surface area contributed by atoms with Crippen LogP contribution in [-0.2, 0) is 21.4 Å². The normalized spacial score (nSPS) is 11.9. The molecule has 18 heavy (non-hydrogen) atoms. The highest BCUT2D eigenvalue weighted by atomic mass is 32.2. The van der Waals surface area contributed by atoms with Gasteiger partial charge in [0, 0.05) is 29.5 Å². The molecule has 2 N–H and O–H groups in total. The van der Waals surface area contributed by atoms with Crippen molar-refractivity contribution in [2.24, 2.45) is 0 Å². The second kappa shape index (κ2) is 7.20. The summed E-state index contributed by atoms with van der Waals surface area (Å²) in [5, 5.41) is 8.99. The molecular formula is C11H19NO4S2. The Labute approximate surface area is 112 Å². The third-order valence-corrected chi connectivity index (χ3v) is 5.08. The van der Waals surface area contributed by atoms with Gasteiger partial charge in [-0.15, -0.1) is 11.3 Å². The molecule has 1 heterocycles. The summed E-state index contributed by atoms with van der Waals surface area (Å²) in [5.74, 6) is 0. The van der Waals surface area contributed by atoms with E-state index in [9.17, 15) is 8.42 Å². The Hall–Kier alpha value is -0.470. The summed E-state index contributed by atoms with van der Waals surface area (Å²) < 4.78 is 31.6. The highest BCUT2D eigenvalue weighted by Crippen LogP contribution is 2.25. The molecule has 0 aliphatic carbocycles. The van der Waals surface area contributed by atoms with Crippen molar-refractivity contribution in [3.63, 3.8) is 0 Å². The van der Waals surface area contributed by atoms with Crippen molar-refractivity contribution in [1.82, 2.24) is 4.72 Å². The second-order valence-corrected chi connectivity index (χ2v) is 6.82. The minimum absolute atomic E-state index is 0.134. The quantitative estimate of drug-likeness (QED) is 0.707. The zero-order valence-electron chi connectivity index (χ0n) is 10.6. The maximum atomic E-state index is 12.0. The van der Waals surface area contributed by atoms with Crippen molar-refractivity contribution in [1.29, 1.82) is 0 Å². The number of nitrogens with one attached hydrogen (secondary N) is 1. The first-order valence-electron chi connectivity index (χ1n) is 5.78. The fourth-order valence-corrected chi connectivity index (χ4v) is 4.04. The number of aliphatic hydroxyl groups excluding tert-OH is 1. The Bertz CT molecular complexity index is 467. The first kappa shape index (κ1) is 15.6. The van der Waals surface area contributed by atoms with Crippen molar-refractivity contribution >= 4 is 21.4 Å². The Morgan fingerprint density at radius 3 is 2.78 bits per heavy atom. The van der Waals surface area contributed by atoms with Crippen LogP contribution in [-0.4, -0.2) is 33.3 Å². The molecule has 0 spiro atoms. The van der Waals surface area contributed by atoms with Crippen LogP contribution in [0.5, 0.6) is 0 Å². The number of thiophene rings is 1. The summed E-state index contributed by atoms with van der Waals surface area (Å²) in [6.45, 7) is 5.03. The van der Waals surface area contributed by atoms with Gasteiger partial charge in [-0.2, -0.15) is 0 Å². The molecule has 5 nitrogen and oxygen atoms in total. The van der Waals surface area contributed by atoms with Crippen LogP contribution in [0, 0.1) is 6.92 Å². The topological polar surface area (TPSA) is 75.6 Å². The van der Waals surface area contributed by atoms with Gasteiger partial charge in [-0.25, -0.2) is 13.1 Å². The minimum atomic E-state index is -3.47. The fourth-order valence-electron chi connectivity index (χ4n) is 1.47. The molecule has 0 saturated heterocycles. The van der Waals surface area contributed by atoms with Crippen molar-refractivity contribution < 1.29 is 18.3 Å². The van der Waals surface area contributed by atoms with E-state index in [1.165, 1.54) is 17.4 Å². The summed E-state index contributed by atoms with van der Waals surface area (Å²) in [4.78, 5) is 1.60. The molecule has 1 rings (SSSR count). The molecule has 0 aromatic carbocycles. The third kappa shape index (κ3) is 4.33. The second-order valence-electron chi connectivity index (χ2n) is 3.74. The lowest BCUT2D eigenvalue weighted by atomic mass is 10.4. The smallest absolute Gasteiger partial charge is 0.241 e. The highest BCUT2D eigenvalue weighted by molar-refractivity contribution is 7.89. The molecule has 0 bridgehead atoms. The number of rotatable bonds is 8. The molecule has 0 aliphatic heterocycles. The lowest BCUT2D eigenvalue weighted by molar-refractivity contribution is 0.146. The summed E-state index contributed by atoms with van der Waals surface area (Å²) in [5.41, 5.74) is 0. The minimum Gasteiger partial charge on any atom is -0.391 e. The molecule has 1 aromatic rings. The van der Waals surface area contributed by atoms with Crippen LogP contribution in [0.1, 0.15) is 23.1 Å². The summed E-state index contributed by atoms with van der Waals surface area (Å²) >= 11 is 1.29. The molecule has 1 aromatic heterocycles. The lowest BCUT2D eigenvalue weighted by Gasteiger charge is -2.06. The molecule has 104 valence electrons. The summed E-state index contributed by atoms with van der Waals surface area (Å²) in [6, 6.07) is 1.52. The number of hydrogen-bond donors (Lipinski definition) is 2. The maximum Gasteiger partial charge on any atom is 0.241 e. The van der Waals surface area contributed by atoms with Crippen LogP contribution in [0.4, 0.5) is 0 Å². The van der Waals surface area contributed by atoms with Crippen molar-refractivity contribution in [3.8, 4) is 0 Å². The van der Waals surface area contributed by atoms with Gasteiger partial charge >= 0.3 is 0 Å². The van der Waals surface area contributed by atoms with E-state index >= 15 is 0 Å². The predicted octanol–water partition coefficient (Wildman–Crippen LogP) is 1.25. The van der Waals surface area contributed by atoms with Crippen molar-refractivity contribution in [2.45, 2.75) is 31.8 Å². The average molecular weight is 293 g/mol. The van der Waals surface area contributed by atoms with Crippen LogP contribution < -0.4 is 4.72 Å². The third-order valence-electron chi connectivity index (χ3n) is 2.33. The molecule has 0 atom stereocenters. The van der Waals surface area contributed by atoms with Crippen LogP contribution in [0.2, 0.25) is 0 Å². The summed E-state index contributed by atoms with van der Waals surface area (Å²) in [6.07, 6.45) is 0.642. The Morgan fingerprint density at radius 2 is 2.22 bits per heavy atom. The van der Waals surface area contributed by atoms with Crippen LogP contribution in [0.3, 0.4) is 0 Å². The number of aliphatic hydroxyl groups is 1. The number of aryl methyl sites for hydroxylation is 1. The van der Waals surface area contributed by atoms with Gasteiger partial charge in [0.25, 0.3) is 0 Å². The SMILES string of the molecule is CCOCCCNS(=O)(=O)c1cc(CO)sc1C. The van der Waals surface area contributed by atoms with Crippen LogP contribution in [0.25, 0.3) is 0 Å². The predicted molar refractivity (Wildman–Crippen MR) is 71.3 cm³/mol. The van der Waals surface area contributed by atoms with E-state index in [4.69, 9.17) is 9.84 Å². The molecule has 7 heteroatoms. The van der Waals surface area contributed by atoms with E-state index in [0.29, 0.717) is 35.9 Å². The Morgan fingerprint density at radius 1 is 1.50 bits per heavy atom. The fraction of sp³-hybridized carbons (Fsp3) is 0.636. The van der Waals surface area contributed by atoms with Gasteiger partial charge in [-0.05, 0) is 26.3 Å². The first-order valence-corrected chi connectivity index (χ1v) is 8.08. The van der Waals surface area contributed by atoms with E-state index in [1.54, 1.807) is 6.92 Å². The molecule has 0 aliphatic rings. The van der Waals surface area contributed by atoms with Gasteiger partial charge in [0.1, 0.15) is 0 Å². The number of ether oxygens (including phenoxy) is 1. The zero-order valence-corrected chi connectivity index (χ0v) is 12.2. The largest absolute Gasteiger partial charge is 0.391 e. The standard InChI is InChI=1S/C11H19NO4S2/c1-3-16-6-4-5-12-18(14,15)11-7-10(8-13)17-9(11)2/h7,12-13H,3-6,8H2,1-2H3. The van der Waals surface area contributed by atoms with Crippen LogP contribution in [0.15, 0.2) is 11.0 Å². The number of hydrogen-bond acceptors (Lipinski definition) is 5. The lowest BCUT2D eigenvalue weighted by Crippen LogP contribution is -2.25. The van der Waals surface area contributed by atoms with Crippen molar-refractivity contribution in [3.05, 3.63) is 15.8 Å². The van der Waals surface area contributed by atoms with Gasteiger partial charge < -0.3 is 9.84 Å². The van der Waals surface area contributed by atoms with Crippen LogP contribution >= 0.6 is 11.3 Å². The molecule has 0 unspecified atom stereocenters. The number of sulfonamides is 1. The van der Waals surface area contributed by atoms with E-state index in [1.807, 2.05) is 6.92 Å². The zero-order chi connectivity index (χ0) is 13.6. The maximum absolute atomic E-state index is 12.0. The molecular weight excluding hydrogens is 274 g/mol. The van der Waals surface area contributed by atoms with Gasteiger partial charge in [0.05, 0.1) is 11.5 Å². The van der Waals surface area contributed by atoms with Gasteiger partial charge in [0.2, 0.25) is 10.0 Å². The van der Waals surface area contributed by atoms with Crippen molar-refractivity contribution in [2.75, 3.05) is 19.8 Å². The van der Waals surface area contributed by atoms with Gasteiger partial charge in [-0.3, -0.25) is 0 Å². The average Bonchev–Trinajstić information content (AvgIpc) is 2.71.